The molecule has 5 aliphatic rings. The molecule has 2 aliphatic heterocycles. The first-order chi connectivity index (χ1) is 21.1. The van der Waals surface area contributed by atoms with Crippen molar-refractivity contribution in [1.82, 2.24) is 4.90 Å². The number of fused-ring (bicyclic) bond motifs is 1. The van der Waals surface area contributed by atoms with Crippen LogP contribution in [0.1, 0.15) is 65.5 Å². The van der Waals surface area contributed by atoms with E-state index >= 15 is 0 Å². The normalized spacial score (nSPS) is 28.5. The number of benzene rings is 3. The number of Topliss-reactive ketones (excluding diaryl/α,β-unsaturated/α-hetero) is 1. The van der Waals surface area contributed by atoms with Crippen LogP contribution in [0.25, 0.3) is 10.8 Å². The lowest BCUT2D eigenvalue weighted by molar-refractivity contribution is -0.188. The zero-order valence-electron chi connectivity index (χ0n) is 25.2. The monoisotopic (exact) mass is 595 g/mol. The number of rotatable bonds is 7. The van der Waals surface area contributed by atoms with Crippen molar-refractivity contribution in [2.24, 2.45) is 5.92 Å². The number of ketones is 1. The van der Waals surface area contributed by atoms with Gasteiger partial charge in [0.2, 0.25) is 0 Å². The molecular formula is C36H37NO7. The molecule has 2 heterocycles. The second-order valence-corrected chi connectivity index (χ2v) is 13.9. The van der Waals surface area contributed by atoms with Crippen molar-refractivity contribution in [2.45, 2.75) is 88.4 Å². The van der Waals surface area contributed by atoms with E-state index in [1.807, 2.05) is 44.2 Å². The largest absolute Gasteiger partial charge is 0.481 e. The minimum atomic E-state index is -1.08. The number of aliphatic hydroxyl groups is 1. The Morgan fingerprint density at radius 3 is 2.48 bits per heavy atom. The summed E-state index contributed by atoms with van der Waals surface area (Å²) in [5.41, 5.74) is 3.28. The number of hydrogen-bond donors (Lipinski definition) is 2. The first-order valence-corrected chi connectivity index (χ1v) is 15.8. The molecule has 0 aromatic heterocycles. The molecule has 3 aromatic carbocycles. The molecule has 3 fully saturated rings. The van der Waals surface area contributed by atoms with Crippen LogP contribution in [0, 0.1) is 19.8 Å². The molecular weight excluding hydrogens is 558 g/mol. The minimum absolute atomic E-state index is 0.00196. The van der Waals surface area contributed by atoms with Crippen molar-refractivity contribution < 1.29 is 34.1 Å². The van der Waals surface area contributed by atoms with E-state index in [9.17, 15) is 24.6 Å². The van der Waals surface area contributed by atoms with E-state index in [-0.39, 0.29) is 36.8 Å². The molecule has 8 nitrogen and oxygen atoms in total. The second-order valence-electron chi connectivity index (χ2n) is 13.9. The number of hydrogen-bond acceptors (Lipinski definition) is 7. The van der Waals surface area contributed by atoms with E-state index in [0.29, 0.717) is 42.1 Å². The number of aryl methyl sites for hydroxylation is 2. The Morgan fingerprint density at radius 2 is 1.77 bits per heavy atom. The van der Waals surface area contributed by atoms with Crippen molar-refractivity contribution in [3.63, 3.8) is 0 Å². The van der Waals surface area contributed by atoms with Gasteiger partial charge in [-0.2, -0.15) is 0 Å². The summed E-state index contributed by atoms with van der Waals surface area (Å²) in [4.78, 5) is 41.1. The van der Waals surface area contributed by atoms with Crippen LogP contribution in [0.2, 0.25) is 0 Å². The highest BCUT2D eigenvalue weighted by Gasteiger charge is 2.73. The Bertz CT molecular complexity index is 1770. The van der Waals surface area contributed by atoms with Crippen LogP contribution < -0.4 is 9.47 Å². The summed E-state index contributed by atoms with van der Waals surface area (Å²) in [5.74, 6) is -0.0541. The van der Waals surface area contributed by atoms with E-state index in [0.717, 1.165) is 46.1 Å². The number of carboxylic acids is 1. The summed E-state index contributed by atoms with van der Waals surface area (Å²) in [6.07, 6.45) is 3.48. The Morgan fingerprint density at radius 1 is 1.05 bits per heavy atom. The average molecular weight is 596 g/mol. The average Bonchev–Trinajstić information content (AvgIpc) is 3.69. The number of piperidine rings is 1. The molecule has 8 heteroatoms. The summed E-state index contributed by atoms with van der Waals surface area (Å²) >= 11 is 0. The Kier molecular flexibility index (Phi) is 6.07. The summed E-state index contributed by atoms with van der Waals surface area (Å²) in [7, 11) is 0. The fourth-order valence-corrected chi connectivity index (χ4v) is 9.12. The molecule has 228 valence electrons. The summed E-state index contributed by atoms with van der Waals surface area (Å²) in [5, 5.41) is 23.7. The van der Waals surface area contributed by atoms with E-state index < -0.39 is 29.1 Å². The highest BCUT2D eigenvalue weighted by atomic mass is 16.6. The van der Waals surface area contributed by atoms with Crippen LogP contribution in [-0.4, -0.2) is 63.7 Å². The van der Waals surface area contributed by atoms with Gasteiger partial charge in [-0.05, 0) is 91.9 Å². The quantitative estimate of drug-likeness (QED) is 0.306. The van der Waals surface area contributed by atoms with Gasteiger partial charge < -0.3 is 19.7 Å². The first kappa shape index (κ1) is 27.8. The predicted octanol–water partition coefficient (Wildman–Crippen LogP) is 4.37. The van der Waals surface area contributed by atoms with E-state index in [2.05, 4.69) is 4.90 Å². The van der Waals surface area contributed by atoms with Gasteiger partial charge in [0.05, 0.1) is 23.9 Å². The van der Waals surface area contributed by atoms with Gasteiger partial charge in [-0.1, -0.05) is 41.5 Å². The van der Waals surface area contributed by atoms with Crippen molar-refractivity contribution in [1.29, 1.82) is 0 Å². The van der Waals surface area contributed by atoms with Crippen molar-refractivity contribution >= 4 is 28.5 Å². The van der Waals surface area contributed by atoms with Crippen LogP contribution >= 0.6 is 0 Å². The molecule has 0 radical (unpaired) electrons. The smallest absolute Gasteiger partial charge is 0.315 e. The molecule has 8 rings (SSSR count). The second kappa shape index (κ2) is 9.62. The number of nitrogens with zero attached hydrogens (tertiary/aromatic N) is 1. The lowest BCUT2D eigenvalue weighted by Crippen LogP contribution is -2.76. The third kappa shape index (κ3) is 4.00. The number of ether oxygens (including phenoxy) is 2. The van der Waals surface area contributed by atoms with E-state index in [1.165, 1.54) is 12.8 Å². The van der Waals surface area contributed by atoms with E-state index in [4.69, 9.17) is 9.47 Å². The Labute approximate surface area is 255 Å². The van der Waals surface area contributed by atoms with Gasteiger partial charge in [-0.25, -0.2) is 0 Å². The molecule has 3 aliphatic carbocycles. The van der Waals surface area contributed by atoms with Crippen LogP contribution in [0.3, 0.4) is 0 Å². The molecule has 2 saturated carbocycles. The molecule has 2 bridgehead atoms. The summed E-state index contributed by atoms with van der Waals surface area (Å²) in [6.45, 7) is 5.68. The van der Waals surface area contributed by atoms with Crippen LogP contribution in [0.4, 0.5) is 0 Å². The van der Waals surface area contributed by atoms with Gasteiger partial charge in [0, 0.05) is 24.6 Å². The molecule has 44 heavy (non-hydrogen) atoms. The lowest BCUT2D eigenvalue weighted by atomic mass is 9.49. The lowest BCUT2D eigenvalue weighted by Gasteiger charge is -2.62. The van der Waals surface area contributed by atoms with Crippen molar-refractivity contribution in [3.8, 4) is 11.5 Å². The SMILES string of the molecule is Cc1cc(CC(=O)O)c2c(CC(=O)Oc3ccc4c5c3O[C@H]3C(=O)CC[C@@]6(O)[C@@H](C4)N(CC4CC4)CC[C@]536)cc(C)cc2c1. The number of carbonyl (C=O) groups excluding carboxylic acids is 2. The maximum atomic E-state index is 13.6. The van der Waals surface area contributed by atoms with Gasteiger partial charge in [0.15, 0.2) is 23.4 Å². The topological polar surface area (TPSA) is 113 Å². The Balaban J connectivity index is 1.15. The summed E-state index contributed by atoms with van der Waals surface area (Å²) < 4.78 is 12.5. The van der Waals surface area contributed by atoms with Gasteiger partial charge in [-0.15, -0.1) is 0 Å². The molecule has 2 N–H and O–H groups in total. The molecule has 1 saturated heterocycles. The fourth-order valence-electron chi connectivity index (χ4n) is 9.12. The fraction of sp³-hybridized carbons (Fsp3) is 0.472. The zero-order valence-corrected chi connectivity index (χ0v) is 25.2. The van der Waals surface area contributed by atoms with E-state index in [1.54, 1.807) is 6.07 Å². The van der Waals surface area contributed by atoms with Crippen LogP contribution in [-0.2, 0) is 39.1 Å². The zero-order chi connectivity index (χ0) is 30.5. The highest BCUT2D eigenvalue weighted by molar-refractivity contribution is 5.95. The van der Waals surface area contributed by atoms with Crippen molar-refractivity contribution in [3.05, 3.63) is 69.8 Å². The third-order valence-corrected chi connectivity index (χ3v) is 10.9. The number of aliphatic carboxylic acids is 1. The van der Waals surface area contributed by atoms with Crippen molar-refractivity contribution in [2.75, 3.05) is 13.1 Å². The van der Waals surface area contributed by atoms with Gasteiger partial charge in [0.1, 0.15) is 0 Å². The molecule has 0 unspecified atom stereocenters. The Hall–Kier alpha value is -3.75. The predicted molar refractivity (Wildman–Crippen MR) is 162 cm³/mol. The molecule has 0 amide bonds. The first-order valence-electron chi connectivity index (χ1n) is 15.8. The minimum Gasteiger partial charge on any atom is -0.481 e. The summed E-state index contributed by atoms with van der Waals surface area (Å²) in [6, 6.07) is 11.5. The van der Waals surface area contributed by atoms with Gasteiger partial charge >= 0.3 is 11.9 Å². The standard InChI is InChI=1S/C36H37NO7/c1-19-11-23-12-20(2)14-25(31(23)24(13-19)16-29(39)40)17-30(41)43-27-6-5-22-15-28-36(42)8-7-26(38)34-35(36,32(22)33(27)44-34)9-10-37(28)18-21-3-4-21/h5-6,11-14,21,28,34,42H,3-4,7-10,15-18H2,1-2H3,(H,39,40)/t28-,34+,35+,36-/m1/s1. The highest BCUT2D eigenvalue weighted by Crippen LogP contribution is 2.65. The maximum absolute atomic E-state index is 13.6. The number of likely N-dealkylation sites (tertiary alicyclic amines) is 1. The number of carboxylic acid groups (broad SMARTS) is 1. The maximum Gasteiger partial charge on any atom is 0.315 e. The molecule has 4 atom stereocenters. The van der Waals surface area contributed by atoms with Gasteiger partial charge in [0.25, 0.3) is 0 Å². The van der Waals surface area contributed by atoms with Crippen LogP contribution in [0.15, 0.2) is 36.4 Å². The van der Waals surface area contributed by atoms with Gasteiger partial charge in [-0.3, -0.25) is 19.3 Å². The third-order valence-electron chi connectivity index (χ3n) is 10.9. The number of carbonyl (C=O) groups is 3. The number of esters is 1. The molecule has 3 aromatic rings. The molecule has 1 spiro atoms. The van der Waals surface area contributed by atoms with Crippen LogP contribution in [0.5, 0.6) is 11.5 Å².